The third kappa shape index (κ3) is 5.03. The Hall–Kier alpha value is -0.470. The lowest BCUT2D eigenvalue weighted by Crippen LogP contribution is -2.40. The van der Waals surface area contributed by atoms with Gasteiger partial charge < -0.3 is 10.2 Å². The quantitative estimate of drug-likeness (QED) is 0.760. The third-order valence-corrected chi connectivity index (χ3v) is 6.64. The van der Waals surface area contributed by atoms with Crippen LogP contribution in [0.4, 0.5) is 0 Å². The molecule has 1 aliphatic rings. The van der Waals surface area contributed by atoms with Crippen LogP contribution in [0.2, 0.25) is 0 Å². The van der Waals surface area contributed by atoms with E-state index in [-0.39, 0.29) is 6.04 Å². The number of thiophene rings is 1. The van der Waals surface area contributed by atoms with Gasteiger partial charge in [-0.25, -0.2) is 13.1 Å². The molecule has 7 heteroatoms. The molecular formula is C14H25N3O2S2. The van der Waals surface area contributed by atoms with Crippen LogP contribution < -0.4 is 10.0 Å². The Balaban J connectivity index is 1.92. The van der Waals surface area contributed by atoms with Gasteiger partial charge in [-0.05, 0) is 56.4 Å². The first-order valence-electron chi connectivity index (χ1n) is 7.54. The van der Waals surface area contributed by atoms with E-state index in [1.165, 1.54) is 24.2 Å². The lowest BCUT2D eigenvalue weighted by molar-refractivity contribution is 0.313. The monoisotopic (exact) mass is 331 g/mol. The van der Waals surface area contributed by atoms with Gasteiger partial charge in [0.05, 0.1) is 0 Å². The van der Waals surface area contributed by atoms with Gasteiger partial charge >= 0.3 is 0 Å². The van der Waals surface area contributed by atoms with Crippen LogP contribution in [0, 0.1) is 0 Å². The Morgan fingerprint density at radius 2 is 2.10 bits per heavy atom. The summed E-state index contributed by atoms with van der Waals surface area (Å²) in [5.41, 5.74) is 1.02. The van der Waals surface area contributed by atoms with Crippen molar-refractivity contribution in [1.82, 2.24) is 14.9 Å². The maximum Gasteiger partial charge on any atom is 0.250 e. The number of rotatable bonds is 8. The van der Waals surface area contributed by atoms with Crippen LogP contribution in [0.25, 0.3) is 0 Å². The van der Waals surface area contributed by atoms with Gasteiger partial charge in [-0.2, -0.15) is 0 Å². The van der Waals surface area contributed by atoms with Gasteiger partial charge in [0, 0.05) is 19.1 Å². The van der Waals surface area contributed by atoms with Crippen molar-refractivity contribution in [1.29, 1.82) is 0 Å². The lowest BCUT2D eigenvalue weighted by Gasteiger charge is -2.20. The van der Waals surface area contributed by atoms with Crippen molar-refractivity contribution in [2.24, 2.45) is 0 Å². The van der Waals surface area contributed by atoms with Crippen molar-refractivity contribution < 1.29 is 8.42 Å². The molecule has 1 aliphatic heterocycles. The molecule has 2 N–H and O–H groups in total. The molecule has 1 saturated heterocycles. The minimum atomic E-state index is -3.39. The molecule has 1 atom stereocenters. The van der Waals surface area contributed by atoms with Gasteiger partial charge in [0.1, 0.15) is 4.21 Å². The topological polar surface area (TPSA) is 61.4 Å². The molecule has 0 aromatic carbocycles. The van der Waals surface area contributed by atoms with Crippen LogP contribution in [0.1, 0.15) is 32.3 Å². The van der Waals surface area contributed by atoms with E-state index in [2.05, 4.69) is 14.9 Å². The Morgan fingerprint density at radius 3 is 2.76 bits per heavy atom. The zero-order valence-corrected chi connectivity index (χ0v) is 14.4. The Kier molecular flexibility index (Phi) is 6.19. The van der Waals surface area contributed by atoms with Gasteiger partial charge in [0.2, 0.25) is 10.0 Å². The minimum Gasteiger partial charge on any atom is -0.313 e. The van der Waals surface area contributed by atoms with E-state index >= 15 is 0 Å². The van der Waals surface area contributed by atoms with Crippen LogP contribution in [0.3, 0.4) is 0 Å². The summed E-state index contributed by atoms with van der Waals surface area (Å²) in [5.74, 6) is 0. The summed E-state index contributed by atoms with van der Waals surface area (Å²) in [6.07, 6.45) is 2.44. The molecule has 0 spiro atoms. The standard InChI is InChI=1S/C14H25N3O2S2/c1-3-15-9-13-8-14(20-11-13)21(18,19)16-12(2)10-17-6-4-5-7-17/h8,11-12,15-16H,3-7,9-10H2,1-2H3. The van der Waals surface area contributed by atoms with Gasteiger partial charge in [-0.3, -0.25) is 0 Å². The molecule has 5 nitrogen and oxygen atoms in total. The summed E-state index contributed by atoms with van der Waals surface area (Å²) in [7, 11) is -3.39. The highest BCUT2D eigenvalue weighted by molar-refractivity contribution is 7.91. The van der Waals surface area contributed by atoms with Crippen molar-refractivity contribution in [2.75, 3.05) is 26.2 Å². The summed E-state index contributed by atoms with van der Waals surface area (Å²) in [6.45, 7) is 8.51. The van der Waals surface area contributed by atoms with Crippen LogP contribution in [0.5, 0.6) is 0 Å². The largest absolute Gasteiger partial charge is 0.313 e. The smallest absolute Gasteiger partial charge is 0.250 e. The second-order valence-corrected chi connectivity index (χ2v) is 8.44. The number of hydrogen-bond donors (Lipinski definition) is 2. The van der Waals surface area contributed by atoms with E-state index in [9.17, 15) is 8.42 Å². The van der Waals surface area contributed by atoms with E-state index in [0.717, 1.165) is 31.7 Å². The van der Waals surface area contributed by atoms with Crippen molar-refractivity contribution in [2.45, 2.75) is 43.5 Å². The predicted molar refractivity (Wildman–Crippen MR) is 87.2 cm³/mol. The molecule has 0 bridgehead atoms. The SMILES string of the molecule is CCNCc1csc(S(=O)(=O)NC(C)CN2CCCC2)c1. The average molecular weight is 332 g/mol. The zero-order chi connectivity index (χ0) is 15.3. The highest BCUT2D eigenvalue weighted by Gasteiger charge is 2.22. The summed E-state index contributed by atoms with van der Waals surface area (Å²) < 4.78 is 27.9. The third-order valence-electron chi connectivity index (χ3n) is 3.56. The average Bonchev–Trinajstić information content (AvgIpc) is 3.06. The van der Waals surface area contributed by atoms with E-state index in [1.54, 1.807) is 6.07 Å². The molecule has 0 radical (unpaired) electrons. The second kappa shape index (κ2) is 7.69. The summed E-state index contributed by atoms with van der Waals surface area (Å²) in [4.78, 5) is 2.32. The first-order chi connectivity index (χ1) is 10.0. The molecule has 0 amide bonds. The van der Waals surface area contributed by atoms with E-state index < -0.39 is 10.0 Å². The molecule has 0 saturated carbocycles. The van der Waals surface area contributed by atoms with Crippen LogP contribution >= 0.6 is 11.3 Å². The molecule has 120 valence electrons. The normalized spacial score (nSPS) is 18.2. The number of likely N-dealkylation sites (tertiary alicyclic amines) is 1. The molecule has 0 aliphatic carbocycles. The fourth-order valence-electron chi connectivity index (χ4n) is 2.57. The molecule has 1 aromatic heterocycles. The molecule has 2 heterocycles. The van der Waals surface area contributed by atoms with E-state index in [1.807, 2.05) is 19.2 Å². The highest BCUT2D eigenvalue weighted by Crippen LogP contribution is 2.20. The van der Waals surface area contributed by atoms with Crippen molar-refractivity contribution in [3.8, 4) is 0 Å². The van der Waals surface area contributed by atoms with Gasteiger partial charge in [0.15, 0.2) is 0 Å². The van der Waals surface area contributed by atoms with Gasteiger partial charge in [-0.1, -0.05) is 6.92 Å². The minimum absolute atomic E-state index is 0.0626. The van der Waals surface area contributed by atoms with Crippen molar-refractivity contribution in [3.63, 3.8) is 0 Å². The molecule has 2 rings (SSSR count). The Labute approximate surface area is 131 Å². The maximum atomic E-state index is 12.4. The number of sulfonamides is 1. The number of nitrogens with zero attached hydrogens (tertiary/aromatic N) is 1. The Bertz CT molecular complexity index is 536. The maximum absolute atomic E-state index is 12.4. The number of nitrogens with one attached hydrogen (secondary N) is 2. The van der Waals surface area contributed by atoms with Gasteiger partial charge in [0.25, 0.3) is 0 Å². The number of hydrogen-bond acceptors (Lipinski definition) is 5. The molecular weight excluding hydrogens is 306 g/mol. The predicted octanol–water partition coefficient (Wildman–Crippen LogP) is 1.62. The van der Waals surface area contributed by atoms with Crippen molar-refractivity contribution in [3.05, 3.63) is 17.0 Å². The molecule has 1 fully saturated rings. The van der Waals surface area contributed by atoms with Crippen molar-refractivity contribution >= 4 is 21.4 Å². The fourth-order valence-corrected chi connectivity index (χ4v) is 5.03. The first-order valence-corrected chi connectivity index (χ1v) is 9.90. The van der Waals surface area contributed by atoms with Crippen LogP contribution in [-0.4, -0.2) is 45.5 Å². The lowest BCUT2D eigenvalue weighted by atomic mass is 10.3. The van der Waals surface area contributed by atoms with E-state index in [0.29, 0.717) is 10.8 Å². The van der Waals surface area contributed by atoms with Crippen LogP contribution in [0.15, 0.2) is 15.7 Å². The summed E-state index contributed by atoms with van der Waals surface area (Å²) in [6, 6.07) is 1.70. The molecule has 21 heavy (non-hydrogen) atoms. The Morgan fingerprint density at radius 1 is 1.38 bits per heavy atom. The molecule has 1 aromatic rings. The summed E-state index contributed by atoms with van der Waals surface area (Å²) in [5, 5.41) is 5.11. The van der Waals surface area contributed by atoms with E-state index in [4.69, 9.17) is 0 Å². The van der Waals surface area contributed by atoms with Gasteiger partial charge in [-0.15, -0.1) is 11.3 Å². The summed E-state index contributed by atoms with van der Waals surface area (Å²) >= 11 is 1.29. The fraction of sp³-hybridized carbons (Fsp3) is 0.714. The molecule has 1 unspecified atom stereocenters. The highest BCUT2D eigenvalue weighted by atomic mass is 32.2. The second-order valence-electron chi connectivity index (χ2n) is 5.58. The zero-order valence-electron chi connectivity index (χ0n) is 12.8. The van der Waals surface area contributed by atoms with Crippen LogP contribution in [-0.2, 0) is 16.6 Å². The first kappa shape index (κ1) is 16.9.